The Balaban J connectivity index is 1.76. The number of aryl methyl sites for hydroxylation is 1. The highest BCUT2D eigenvalue weighted by molar-refractivity contribution is 5.94. The monoisotopic (exact) mass is 302 g/mol. The number of carbonyl (C=O) groups is 1. The van der Waals surface area contributed by atoms with Gasteiger partial charge in [0, 0.05) is 19.1 Å². The molecule has 1 aromatic heterocycles. The van der Waals surface area contributed by atoms with E-state index in [-0.39, 0.29) is 11.6 Å². The van der Waals surface area contributed by atoms with Crippen LogP contribution in [0.4, 0.5) is 10.5 Å². The number of aromatic nitrogens is 2. The zero-order chi connectivity index (χ0) is 15.6. The van der Waals surface area contributed by atoms with Crippen LogP contribution in [-0.4, -0.2) is 34.9 Å². The van der Waals surface area contributed by atoms with Crippen molar-refractivity contribution in [3.8, 4) is 11.4 Å². The van der Waals surface area contributed by atoms with Gasteiger partial charge in [-0.25, -0.2) is 4.79 Å². The lowest BCUT2D eigenvalue weighted by molar-refractivity contribution is 0.172. The Kier molecular flexibility index (Phi) is 3.81. The summed E-state index contributed by atoms with van der Waals surface area (Å²) in [5, 5.41) is 9.68. The molecule has 1 saturated heterocycles. The average molecular weight is 302 g/mol. The van der Waals surface area contributed by atoms with Crippen LogP contribution in [0.2, 0.25) is 0 Å². The molecule has 1 aliphatic rings. The molecule has 2 amide bonds. The average Bonchev–Trinajstić information content (AvgIpc) is 3.08. The maximum atomic E-state index is 12.2. The van der Waals surface area contributed by atoms with Gasteiger partial charge in [-0.3, -0.25) is 0 Å². The second-order valence-corrected chi connectivity index (χ2v) is 5.62. The lowest BCUT2D eigenvalue weighted by Crippen LogP contribution is -2.48. The van der Waals surface area contributed by atoms with Gasteiger partial charge in [-0.1, -0.05) is 17.3 Å². The molecule has 7 heteroatoms. The molecule has 1 aliphatic heterocycles. The SMILES string of the molecule is Cc1nc(-c2ccccc2NC(=O)N[C@]2(C)CCOC2)no1. The molecule has 0 spiro atoms. The Morgan fingerprint density at radius 3 is 2.86 bits per heavy atom. The summed E-state index contributed by atoms with van der Waals surface area (Å²) < 4.78 is 10.3. The van der Waals surface area contributed by atoms with E-state index < -0.39 is 0 Å². The number of anilines is 1. The maximum Gasteiger partial charge on any atom is 0.319 e. The fraction of sp³-hybridized carbons (Fsp3) is 0.400. The smallest absolute Gasteiger partial charge is 0.319 e. The molecule has 2 N–H and O–H groups in total. The minimum Gasteiger partial charge on any atom is -0.379 e. The third-order valence-electron chi connectivity index (χ3n) is 3.58. The lowest BCUT2D eigenvalue weighted by atomic mass is 10.0. The number of carbonyl (C=O) groups excluding carboxylic acids is 1. The predicted molar refractivity (Wildman–Crippen MR) is 80.5 cm³/mol. The van der Waals surface area contributed by atoms with Gasteiger partial charge in [-0.15, -0.1) is 0 Å². The second kappa shape index (κ2) is 5.76. The van der Waals surface area contributed by atoms with Crippen molar-refractivity contribution in [2.24, 2.45) is 0 Å². The number of urea groups is 1. The molecular formula is C15H18N4O3. The highest BCUT2D eigenvalue weighted by Crippen LogP contribution is 2.25. The van der Waals surface area contributed by atoms with Crippen molar-refractivity contribution >= 4 is 11.7 Å². The lowest BCUT2D eigenvalue weighted by Gasteiger charge is -2.23. The maximum absolute atomic E-state index is 12.2. The Labute approximate surface area is 128 Å². The first-order chi connectivity index (χ1) is 10.6. The number of hydrogen-bond donors (Lipinski definition) is 2. The van der Waals surface area contributed by atoms with Crippen molar-refractivity contribution in [1.82, 2.24) is 15.5 Å². The predicted octanol–water partition coefficient (Wildman–Crippen LogP) is 2.35. The molecule has 7 nitrogen and oxygen atoms in total. The minimum atomic E-state index is -0.332. The van der Waals surface area contributed by atoms with Gasteiger partial charge in [-0.05, 0) is 25.5 Å². The molecule has 0 saturated carbocycles. The van der Waals surface area contributed by atoms with Crippen LogP contribution in [0, 0.1) is 6.92 Å². The summed E-state index contributed by atoms with van der Waals surface area (Å²) in [5.41, 5.74) is 1.01. The first-order valence-electron chi connectivity index (χ1n) is 7.12. The number of ether oxygens (including phenoxy) is 1. The second-order valence-electron chi connectivity index (χ2n) is 5.62. The molecule has 0 radical (unpaired) electrons. The van der Waals surface area contributed by atoms with Gasteiger partial charge in [0.05, 0.1) is 17.8 Å². The molecular weight excluding hydrogens is 284 g/mol. The van der Waals surface area contributed by atoms with E-state index in [0.29, 0.717) is 36.2 Å². The van der Waals surface area contributed by atoms with Crippen LogP contribution in [0.25, 0.3) is 11.4 Å². The summed E-state index contributed by atoms with van der Waals surface area (Å²) in [7, 11) is 0. The Hall–Kier alpha value is -2.41. The molecule has 2 heterocycles. The molecule has 2 aromatic rings. The standard InChI is InChI=1S/C15H18N4O3/c1-10-16-13(19-22-10)11-5-3-4-6-12(11)17-14(20)18-15(2)7-8-21-9-15/h3-6H,7-9H2,1-2H3,(H2,17,18,20)/t15-/m1/s1. The van der Waals surface area contributed by atoms with E-state index in [1.807, 2.05) is 25.1 Å². The van der Waals surface area contributed by atoms with Crippen LogP contribution in [-0.2, 0) is 4.74 Å². The fourth-order valence-corrected chi connectivity index (χ4v) is 2.39. The summed E-state index contributed by atoms with van der Waals surface area (Å²) in [5.74, 6) is 0.925. The van der Waals surface area contributed by atoms with Crippen LogP contribution in [0.15, 0.2) is 28.8 Å². The molecule has 3 rings (SSSR count). The number of para-hydroxylation sites is 1. The summed E-state index contributed by atoms with van der Waals surface area (Å²) in [6.07, 6.45) is 0.798. The number of amides is 2. The van der Waals surface area contributed by atoms with Gasteiger partial charge >= 0.3 is 6.03 Å². The quantitative estimate of drug-likeness (QED) is 0.908. The molecule has 0 unspecified atom stereocenters. The molecule has 1 atom stereocenters. The summed E-state index contributed by atoms with van der Waals surface area (Å²) in [6.45, 7) is 4.87. The number of nitrogens with zero attached hydrogens (tertiary/aromatic N) is 2. The van der Waals surface area contributed by atoms with Crippen LogP contribution >= 0.6 is 0 Å². The van der Waals surface area contributed by atoms with Crippen LogP contribution < -0.4 is 10.6 Å². The Bertz CT molecular complexity index is 677. The first-order valence-corrected chi connectivity index (χ1v) is 7.12. The molecule has 22 heavy (non-hydrogen) atoms. The largest absolute Gasteiger partial charge is 0.379 e. The van der Waals surface area contributed by atoms with E-state index in [4.69, 9.17) is 9.26 Å². The molecule has 0 aliphatic carbocycles. The van der Waals surface area contributed by atoms with Crippen LogP contribution in [0.1, 0.15) is 19.2 Å². The van der Waals surface area contributed by atoms with Crippen molar-refractivity contribution in [3.05, 3.63) is 30.2 Å². The minimum absolute atomic E-state index is 0.277. The van der Waals surface area contributed by atoms with E-state index in [0.717, 1.165) is 6.42 Å². The van der Waals surface area contributed by atoms with Crippen LogP contribution in [0.5, 0.6) is 0 Å². The number of rotatable bonds is 3. The number of benzene rings is 1. The first kappa shape index (κ1) is 14.5. The van der Waals surface area contributed by atoms with Gasteiger partial charge in [0.2, 0.25) is 11.7 Å². The third kappa shape index (κ3) is 3.09. The van der Waals surface area contributed by atoms with Crippen molar-refractivity contribution in [2.75, 3.05) is 18.5 Å². The summed E-state index contributed by atoms with van der Waals surface area (Å²) in [6, 6.07) is 7.05. The third-order valence-corrected chi connectivity index (χ3v) is 3.58. The number of nitrogens with one attached hydrogen (secondary N) is 2. The van der Waals surface area contributed by atoms with Crippen molar-refractivity contribution in [2.45, 2.75) is 25.8 Å². The molecule has 1 aromatic carbocycles. The zero-order valence-electron chi connectivity index (χ0n) is 12.5. The summed E-state index contributed by atoms with van der Waals surface area (Å²) >= 11 is 0. The topological polar surface area (TPSA) is 89.3 Å². The fourth-order valence-electron chi connectivity index (χ4n) is 2.39. The normalized spacial score (nSPS) is 20.8. The van der Waals surface area contributed by atoms with Crippen LogP contribution in [0.3, 0.4) is 0 Å². The van der Waals surface area contributed by atoms with E-state index >= 15 is 0 Å². The van der Waals surface area contributed by atoms with E-state index in [1.165, 1.54) is 0 Å². The van der Waals surface area contributed by atoms with Gasteiger partial charge in [-0.2, -0.15) is 4.98 Å². The van der Waals surface area contributed by atoms with Gasteiger partial charge < -0.3 is 19.9 Å². The highest BCUT2D eigenvalue weighted by atomic mass is 16.5. The molecule has 1 fully saturated rings. The van der Waals surface area contributed by atoms with Crippen molar-refractivity contribution < 1.29 is 14.1 Å². The Morgan fingerprint density at radius 2 is 2.18 bits per heavy atom. The van der Waals surface area contributed by atoms with E-state index in [9.17, 15) is 4.79 Å². The van der Waals surface area contributed by atoms with Gasteiger partial charge in [0.15, 0.2) is 0 Å². The molecule has 0 bridgehead atoms. The van der Waals surface area contributed by atoms with E-state index in [1.54, 1.807) is 13.0 Å². The Morgan fingerprint density at radius 1 is 1.36 bits per heavy atom. The highest BCUT2D eigenvalue weighted by Gasteiger charge is 2.31. The molecule has 116 valence electrons. The van der Waals surface area contributed by atoms with E-state index in [2.05, 4.69) is 20.8 Å². The number of hydrogen-bond acceptors (Lipinski definition) is 5. The van der Waals surface area contributed by atoms with Crippen molar-refractivity contribution in [3.63, 3.8) is 0 Å². The van der Waals surface area contributed by atoms with Gasteiger partial charge in [0.25, 0.3) is 0 Å². The summed E-state index contributed by atoms with van der Waals surface area (Å²) in [4.78, 5) is 16.4. The van der Waals surface area contributed by atoms with Gasteiger partial charge in [0.1, 0.15) is 0 Å². The van der Waals surface area contributed by atoms with Crippen molar-refractivity contribution in [1.29, 1.82) is 0 Å². The zero-order valence-corrected chi connectivity index (χ0v) is 12.5.